The van der Waals surface area contributed by atoms with Crippen LogP contribution >= 0.6 is 0 Å². The zero-order valence-corrected chi connectivity index (χ0v) is 11.6. The number of rotatable bonds is 2. The Balaban J connectivity index is 1.71. The van der Waals surface area contributed by atoms with E-state index in [1.165, 1.54) is 11.1 Å². The van der Waals surface area contributed by atoms with Crippen molar-refractivity contribution in [3.8, 4) is 0 Å². The fourth-order valence-corrected chi connectivity index (χ4v) is 3.09. The van der Waals surface area contributed by atoms with Gasteiger partial charge >= 0.3 is 0 Å². The average Bonchev–Trinajstić information content (AvgIpc) is 2.90. The number of hydrogen-bond donors (Lipinski definition) is 2. The zero-order valence-electron chi connectivity index (χ0n) is 11.6. The Morgan fingerprint density at radius 3 is 3.00 bits per heavy atom. The molecule has 0 aliphatic heterocycles. The summed E-state index contributed by atoms with van der Waals surface area (Å²) >= 11 is 0. The second-order valence-electron chi connectivity index (χ2n) is 5.47. The highest BCUT2D eigenvalue weighted by atomic mass is 15.2. The van der Waals surface area contributed by atoms with E-state index in [1.807, 2.05) is 18.2 Å². The standard InChI is InChI=1S/C17H16N4/c18-13-6-7-14-11(9-13)5-8-16(14)20-17-15-4-2-1-3-12(15)10-19-21-17/h1-4,6-7,9-10,16H,5,8,18H2,(H,20,21). The van der Waals surface area contributed by atoms with Crippen molar-refractivity contribution in [1.29, 1.82) is 0 Å². The smallest absolute Gasteiger partial charge is 0.157 e. The lowest BCUT2D eigenvalue weighted by Crippen LogP contribution is -2.09. The number of hydrogen-bond acceptors (Lipinski definition) is 4. The highest BCUT2D eigenvalue weighted by molar-refractivity contribution is 5.91. The number of nitrogen functional groups attached to an aromatic ring is 1. The van der Waals surface area contributed by atoms with Gasteiger partial charge in [0.15, 0.2) is 5.82 Å². The quantitative estimate of drug-likeness (QED) is 0.705. The minimum atomic E-state index is 0.278. The molecule has 0 radical (unpaired) electrons. The molecular formula is C17H16N4. The third-order valence-electron chi connectivity index (χ3n) is 4.13. The molecule has 0 spiro atoms. The Morgan fingerprint density at radius 2 is 2.05 bits per heavy atom. The van der Waals surface area contributed by atoms with Gasteiger partial charge in [-0.1, -0.05) is 30.3 Å². The molecule has 4 rings (SSSR count). The first kappa shape index (κ1) is 12.1. The molecule has 1 atom stereocenters. The van der Waals surface area contributed by atoms with Crippen LogP contribution in [0, 0.1) is 0 Å². The average molecular weight is 276 g/mol. The molecular weight excluding hydrogens is 260 g/mol. The van der Waals surface area contributed by atoms with Gasteiger partial charge in [0, 0.05) is 16.5 Å². The number of fused-ring (bicyclic) bond motifs is 2. The number of nitrogens with zero attached hydrogens (tertiary/aromatic N) is 2. The summed E-state index contributed by atoms with van der Waals surface area (Å²) in [7, 11) is 0. The van der Waals surface area contributed by atoms with Gasteiger partial charge in [-0.05, 0) is 36.1 Å². The molecule has 1 heterocycles. The Labute approximate surface area is 123 Å². The number of benzene rings is 2. The molecule has 0 saturated carbocycles. The summed E-state index contributed by atoms with van der Waals surface area (Å²) in [5.41, 5.74) is 9.35. The Kier molecular flexibility index (Phi) is 2.74. The number of aromatic nitrogens is 2. The van der Waals surface area contributed by atoms with Crippen LogP contribution in [-0.4, -0.2) is 10.2 Å². The summed E-state index contributed by atoms with van der Waals surface area (Å²) in [5.74, 6) is 0.850. The third-order valence-corrected chi connectivity index (χ3v) is 4.13. The number of nitrogens with two attached hydrogens (primary N) is 1. The van der Waals surface area contributed by atoms with Gasteiger partial charge in [-0.2, -0.15) is 5.10 Å². The van der Waals surface area contributed by atoms with Gasteiger partial charge < -0.3 is 11.1 Å². The molecule has 104 valence electrons. The fourth-order valence-electron chi connectivity index (χ4n) is 3.09. The van der Waals surface area contributed by atoms with Crippen LogP contribution in [0.15, 0.2) is 48.7 Å². The summed E-state index contributed by atoms with van der Waals surface area (Å²) in [4.78, 5) is 0. The summed E-state index contributed by atoms with van der Waals surface area (Å²) in [6, 6.07) is 14.6. The van der Waals surface area contributed by atoms with Crippen molar-refractivity contribution in [3.63, 3.8) is 0 Å². The van der Waals surface area contributed by atoms with Crippen molar-refractivity contribution < 1.29 is 0 Å². The lowest BCUT2D eigenvalue weighted by atomic mass is 10.1. The fraction of sp³-hybridized carbons (Fsp3) is 0.176. The van der Waals surface area contributed by atoms with Crippen molar-refractivity contribution in [1.82, 2.24) is 10.2 Å². The molecule has 1 aliphatic carbocycles. The van der Waals surface area contributed by atoms with E-state index in [0.29, 0.717) is 0 Å². The van der Waals surface area contributed by atoms with Crippen molar-refractivity contribution in [2.45, 2.75) is 18.9 Å². The van der Waals surface area contributed by atoms with Gasteiger partial charge in [0.05, 0.1) is 12.2 Å². The maximum absolute atomic E-state index is 5.86. The van der Waals surface area contributed by atoms with Crippen molar-refractivity contribution in [3.05, 3.63) is 59.8 Å². The largest absolute Gasteiger partial charge is 0.399 e. The molecule has 3 aromatic rings. The Hall–Kier alpha value is -2.62. The first-order valence-corrected chi connectivity index (χ1v) is 7.16. The number of aryl methyl sites for hydroxylation is 1. The van der Waals surface area contributed by atoms with Crippen molar-refractivity contribution in [2.24, 2.45) is 0 Å². The number of nitrogens with one attached hydrogen (secondary N) is 1. The maximum atomic E-state index is 5.86. The second-order valence-corrected chi connectivity index (χ2v) is 5.47. The van der Waals surface area contributed by atoms with E-state index < -0.39 is 0 Å². The summed E-state index contributed by atoms with van der Waals surface area (Å²) in [6.45, 7) is 0. The highest BCUT2D eigenvalue weighted by Gasteiger charge is 2.23. The lowest BCUT2D eigenvalue weighted by Gasteiger charge is -2.15. The van der Waals surface area contributed by atoms with Crippen molar-refractivity contribution >= 4 is 22.3 Å². The molecule has 2 aromatic carbocycles. The van der Waals surface area contributed by atoms with E-state index in [0.717, 1.165) is 35.1 Å². The normalized spacial score (nSPS) is 16.9. The molecule has 0 amide bonds. The SMILES string of the molecule is Nc1ccc2c(c1)CCC2Nc1nncc2ccccc12. The number of anilines is 2. The molecule has 4 heteroatoms. The van der Waals surface area contributed by atoms with Crippen LogP contribution in [0.2, 0.25) is 0 Å². The van der Waals surface area contributed by atoms with E-state index in [1.54, 1.807) is 6.20 Å². The van der Waals surface area contributed by atoms with Crippen LogP contribution in [0.3, 0.4) is 0 Å². The molecule has 1 unspecified atom stereocenters. The minimum absolute atomic E-state index is 0.278. The first-order valence-electron chi connectivity index (χ1n) is 7.16. The molecule has 4 nitrogen and oxygen atoms in total. The van der Waals surface area contributed by atoms with E-state index in [4.69, 9.17) is 5.73 Å². The lowest BCUT2D eigenvalue weighted by molar-refractivity contribution is 0.755. The Bertz CT molecular complexity index is 807. The molecule has 1 aromatic heterocycles. The van der Waals surface area contributed by atoms with Crippen LogP contribution in [0.5, 0.6) is 0 Å². The van der Waals surface area contributed by atoms with E-state index in [-0.39, 0.29) is 6.04 Å². The van der Waals surface area contributed by atoms with E-state index >= 15 is 0 Å². The summed E-state index contributed by atoms with van der Waals surface area (Å²) in [5, 5.41) is 14.1. The van der Waals surface area contributed by atoms with Gasteiger partial charge in [-0.3, -0.25) is 0 Å². The van der Waals surface area contributed by atoms with Crippen LogP contribution < -0.4 is 11.1 Å². The molecule has 21 heavy (non-hydrogen) atoms. The third kappa shape index (κ3) is 2.09. The van der Waals surface area contributed by atoms with Crippen LogP contribution in [-0.2, 0) is 6.42 Å². The van der Waals surface area contributed by atoms with Crippen LogP contribution in [0.4, 0.5) is 11.5 Å². The predicted molar refractivity (Wildman–Crippen MR) is 85.1 cm³/mol. The monoisotopic (exact) mass is 276 g/mol. The van der Waals surface area contributed by atoms with Gasteiger partial charge in [0.2, 0.25) is 0 Å². The molecule has 1 aliphatic rings. The zero-order chi connectivity index (χ0) is 14.2. The second kappa shape index (κ2) is 4.74. The van der Waals surface area contributed by atoms with Gasteiger partial charge in [-0.15, -0.1) is 5.10 Å². The summed E-state index contributed by atoms with van der Waals surface area (Å²) in [6.07, 6.45) is 3.91. The highest BCUT2D eigenvalue weighted by Crippen LogP contribution is 2.35. The van der Waals surface area contributed by atoms with E-state index in [9.17, 15) is 0 Å². The molecule has 0 saturated heterocycles. The maximum Gasteiger partial charge on any atom is 0.157 e. The van der Waals surface area contributed by atoms with Crippen LogP contribution in [0.1, 0.15) is 23.6 Å². The summed E-state index contributed by atoms with van der Waals surface area (Å²) < 4.78 is 0. The van der Waals surface area contributed by atoms with E-state index in [2.05, 4.69) is 39.8 Å². The van der Waals surface area contributed by atoms with Gasteiger partial charge in [-0.25, -0.2) is 0 Å². The first-order chi connectivity index (χ1) is 10.3. The predicted octanol–water partition coefficient (Wildman–Crippen LogP) is 3.31. The minimum Gasteiger partial charge on any atom is -0.399 e. The molecule has 0 fully saturated rings. The topological polar surface area (TPSA) is 63.8 Å². The van der Waals surface area contributed by atoms with Gasteiger partial charge in [0.1, 0.15) is 0 Å². The molecule has 3 N–H and O–H groups in total. The van der Waals surface area contributed by atoms with Crippen molar-refractivity contribution in [2.75, 3.05) is 11.1 Å². The van der Waals surface area contributed by atoms with Gasteiger partial charge in [0.25, 0.3) is 0 Å². The van der Waals surface area contributed by atoms with Crippen LogP contribution in [0.25, 0.3) is 10.8 Å². The molecule has 0 bridgehead atoms. The Morgan fingerprint density at radius 1 is 1.14 bits per heavy atom.